The van der Waals surface area contributed by atoms with E-state index in [4.69, 9.17) is 9.47 Å². The molecule has 21 heavy (non-hydrogen) atoms. The molecular weight excluding hydrogens is 271 g/mol. The van der Waals surface area contributed by atoms with E-state index in [1.54, 1.807) is 25.3 Å². The zero-order valence-electron chi connectivity index (χ0n) is 12.0. The summed E-state index contributed by atoms with van der Waals surface area (Å²) in [6.07, 6.45) is -0.409. The molecule has 2 rings (SSSR count). The molecule has 0 spiro atoms. The van der Waals surface area contributed by atoms with E-state index in [-0.39, 0.29) is 5.82 Å². The molecule has 0 heterocycles. The Morgan fingerprint density at radius 1 is 1.10 bits per heavy atom. The van der Waals surface area contributed by atoms with Crippen LogP contribution in [0, 0.1) is 5.82 Å². The minimum atomic E-state index is -0.745. The number of para-hydroxylation sites is 1. The Morgan fingerprint density at radius 3 is 2.67 bits per heavy atom. The maximum atomic E-state index is 13.2. The first-order valence-corrected chi connectivity index (χ1v) is 6.84. The number of hydrogen-bond acceptors (Lipinski definition) is 3. The number of aliphatic hydroxyl groups is 1. The quantitative estimate of drug-likeness (QED) is 0.796. The lowest BCUT2D eigenvalue weighted by Crippen LogP contribution is -2.09. The molecule has 0 saturated heterocycles. The van der Waals surface area contributed by atoms with Gasteiger partial charge in [-0.25, -0.2) is 4.39 Å². The minimum absolute atomic E-state index is 0.302. The Balaban J connectivity index is 2.09. The number of methoxy groups -OCH3 is 1. The van der Waals surface area contributed by atoms with E-state index in [1.807, 2.05) is 18.2 Å². The van der Waals surface area contributed by atoms with E-state index < -0.39 is 6.10 Å². The molecule has 0 bridgehead atoms. The van der Waals surface area contributed by atoms with Crippen LogP contribution in [0.25, 0.3) is 0 Å². The zero-order valence-corrected chi connectivity index (χ0v) is 12.0. The Hall–Kier alpha value is -1.91. The van der Waals surface area contributed by atoms with E-state index in [9.17, 15) is 9.50 Å². The second kappa shape index (κ2) is 7.76. The van der Waals surface area contributed by atoms with Crippen molar-refractivity contribution in [2.45, 2.75) is 12.5 Å². The largest absolute Gasteiger partial charge is 0.491 e. The van der Waals surface area contributed by atoms with E-state index in [0.717, 1.165) is 5.56 Å². The van der Waals surface area contributed by atoms with E-state index >= 15 is 0 Å². The van der Waals surface area contributed by atoms with Gasteiger partial charge < -0.3 is 14.6 Å². The van der Waals surface area contributed by atoms with Gasteiger partial charge in [0.25, 0.3) is 0 Å². The molecule has 0 saturated carbocycles. The molecule has 0 aromatic heterocycles. The van der Waals surface area contributed by atoms with E-state index in [2.05, 4.69) is 0 Å². The number of hydrogen-bond donors (Lipinski definition) is 1. The van der Waals surface area contributed by atoms with Crippen LogP contribution in [0.15, 0.2) is 48.5 Å². The van der Waals surface area contributed by atoms with Crippen LogP contribution < -0.4 is 4.74 Å². The first-order valence-electron chi connectivity index (χ1n) is 6.84. The molecule has 0 amide bonds. The highest BCUT2D eigenvalue weighted by Gasteiger charge is 2.14. The molecule has 0 aliphatic heterocycles. The predicted octanol–water partition coefficient (Wildman–Crippen LogP) is 3.13. The lowest BCUT2D eigenvalue weighted by atomic mass is 10.0. The van der Waals surface area contributed by atoms with Gasteiger partial charge in [0, 0.05) is 19.1 Å². The molecule has 1 unspecified atom stereocenters. The average molecular weight is 290 g/mol. The zero-order chi connectivity index (χ0) is 15.1. The van der Waals surface area contributed by atoms with Crippen LogP contribution in [-0.2, 0) is 11.2 Å². The maximum absolute atomic E-state index is 13.2. The number of benzene rings is 2. The normalized spacial score (nSPS) is 12.1. The monoisotopic (exact) mass is 290 g/mol. The molecule has 4 heteroatoms. The highest BCUT2D eigenvalue weighted by atomic mass is 19.1. The molecule has 112 valence electrons. The number of aliphatic hydroxyl groups excluding tert-OH is 1. The van der Waals surface area contributed by atoms with E-state index in [1.165, 1.54) is 12.1 Å². The fourth-order valence-corrected chi connectivity index (χ4v) is 2.12. The molecule has 3 nitrogen and oxygen atoms in total. The first-order chi connectivity index (χ1) is 10.2. The summed E-state index contributed by atoms with van der Waals surface area (Å²) in [6, 6.07) is 13.5. The summed E-state index contributed by atoms with van der Waals surface area (Å²) in [5.41, 5.74) is 1.44. The Bertz CT molecular complexity index is 571. The van der Waals surface area contributed by atoms with Crippen molar-refractivity contribution in [3.63, 3.8) is 0 Å². The van der Waals surface area contributed by atoms with Crippen molar-refractivity contribution in [2.75, 3.05) is 20.3 Å². The standard InChI is InChI=1S/C17H19FO3/c1-20-9-10-21-17-8-3-2-7-15(17)16(19)12-13-5-4-6-14(18)11-13/h2-8,11,16,19H,9-10,12H2,1H3. The van der Waals surface area contributed by atoms with Crippen molar-refractivity contribution in [3.8, 4) is 5.75 Å². The number of ether oxygens (including phenoxy) is 2. The van der Waals surface area contributed by atoms with Crippen molar-refractivity contribution in [1.29, 1.82) is 0 Å². The highest BCUT2D eigenvalue weighted by Crippen LogP contribution is 2.27. The van der Waals surface area contributed by atoms with Crippen molar-refractivity contribution in [2.24, 2.45) is 0 Å². The average Bonchev–Trinajstić information content (AvgIpc) is 2.48. The third kappa shape index (κ3) is 4.55. The molecule has 1 N–H and O–H groups in total. The molecule has 2 aromatic rings. The van der Waals surface area contributed by atoms with Crippen molar-refractivity contribution < 1.29 is 19.0 Å². The minimum Gasteiger partial charge on any atom is -0.491 e. The van der Waals surface area contributed by atoms with Crippen LogP contribution in [0.4, 0.5) is 4.39 Å². The van der Waals surface area contributed by atoms with Crippen LogP contribution in [0.1, 0.15) is 17.2 Å². The molecule has 0 aliphatic rings. The van der Waals surface area contributed by atoms with Gasteiger partial charge in [0.2, 0.25) is 0 Å². The fourth-order valence-electron chi connectivity index (χ4n) is 2.12. The first kappa shape index (κ1) is 15.5. The van der Waals surface area contributed by atoms with Gasteiger partial charge in [-0.3, -0.25) is 0 Å². The highest BCUT2D eigenvalue weighted by molar-refractivity contribution is 5.36. The molecular formula is C17H19FO3. The SMILES string of the molecule is COCCOc1ccccc1C(O)Cc1cccc(F)c1. The number of halogens is 1. The van der Waals surface area contributed by atoms with Gasteiger partial charge in [0.1, 0.15) is 18.2 Å². The van der Waals surface area contributed by atoms with Crippen LogP contribution in [-0.4, -0.2) is 25.4 Å². The third-order valence-corrected chi connectivity index (χ3v) is 3.14. The van der Waals surface area contributed by atoms with E-state index in [0.29, 0.717) is 30.9 Å². The second-order valence-electron chi connectivity index (χ2n) is 4.73. The maximum Gasteiger partial charge on any atom is 0.125 e. The summed E-state index contributed by atoms with van der Waals surface area (Å²) < 4.78 is 23.7. The van der Waals surface area contributed by atoms with Gasteiger partial charge in [-0.05, 0) is 23.8 Å². The Kier molecular flexibility index (Phi) is 5.72. The van der Waals surface area contributed by atoms with Gasteiger partial charge in [-0.15, -0.1) is 0 Å². The summed E-state index contributed by atoms with van der Waals surface area (Å²) in [7, 11) is 1.61. The predicted molar refractivity (Wildman–Crippen MR) is 78.9 cm³/mol. The summed E-state index contributed by atoms with van der Waals surface area (Å²) in [6.45, 7) is 0.897. The summed E-state index contributed by atoms with van der Waals surface area (Å²) in [5, 5.41) is 10.4. The molecule has 1 atom stereocenters. The number of rotatable bonds is 7. The summed E-state index contributed by atoms with van der Waals surface area (Å²) in [4.78, 5) is 0. The Labute approximate surface area is 124 Å². The van der Waals surface area contributed by atoms with Crippen LogP contribution in [0.5, 0.6) is 5.75 Å². The molecule has 0 fully saturated rings. The smallest absolute Gasteiger partial charge is 0.125 e. The lowest BCUT2D eigenvalue weighted by molar-refractivity contribution is 0.138. The topological polar surface area (TPSA) is 38.7 Å². The van der Waals surface area contributed by atoms with Crippen molar-refractivity contribution in [1.82, 2.24) is 0 Å². The van der Waals surface area contributed by atoms with Crippen molar-refractivity contribution >= 4 is 0 Å². The van der Waals surface area contributed by atoms with Crippen LogP contribution >= 0.6 is 0 Å². The van der Waals surface area contributed by atoms with Crippen molar-refractivity contribution in [3.05, 3.63) is 65.5 Å². The lowest BCUT2D eigenvalue weighted by Gasteiger charge is -2.16. The van der Waals surface area contributed by atoms with Gasteiger partial charge in [0.05, 0.1) is 12.7 Å². The van der Waals surface area contributed by atoms with Gasteiger partial charge >= 0.3 is 0 Å². The van der Waals surface area contributed by atoms with Crippen LogP contribution in [0.3, 0.4) is 0 Å². The van der Waals surface area contributed by atoms with Gasteiger partial charge in [0.15, 0.2) is 0 Å². The van der Waals surface area contributed by atoms with Gasteiger partial charge in [-0.2, -0.15) is 0 Å². The van der Waals surface area contributed by atoms with Gasteiger partial charge in [-0.1, -0.05) is 30.3 Å². The third-order valence-electron chi connectivity index (χ3n) is 3.14. The molecule has 0 radical (unpaired) electrons. The Morgan fingerprint density at radius 2 is 1.90 bits per heavy atom. The second-order valence-corrected chi connectivity index (χ2v) is 4.73. The summed E-state index contributed by atoms with van der Waals surface area (Å²) >= 11 is 0. The molecule has 0 aliphatic carbocycles. The summed E-state index contributed by atoms with van der Waals surface area (Å²) in [5.74, 6) is 0.322. The van der Waals surface area contributed by atoms with Crippen LogP contribution in [0.2, 0.25) is 0 Å². The molecule has 2 aromatic carbocycles. The fraction of sp³-hybridized carbons (Fsp3) is 0.294.